The number of aromatic nitrogens is 1. The van der Waals surface area contributed by atoms with Gasteiger partial charge in [-0.3, -0.25) is 4.79 Å². The number of pyridine rings is 1. The second-order valence-electron chi connectivity index (χ2n) is 6.73. The number of aliphatic hydroxyl groups excluding tert-OH is 1. The van der Waals surface area contributed by atoms with Crippen molar-refractivity contribution in [3.05, 3.63) is 28.5 Å². The Labute approximate surface area is 131 Å². The van der Waals surface area contributed by atoms with Crippen LogP contribution in [0.5, 0.6) is 0 Å². The van der Waals surface area contributed by atoms with Crippen LogP contribution in [-0.2, 0) is 5.41 Å². The van der Waals surface area contributed by atoms with Crippen molar-refractivity contribution in [1.29, 1.82) is 0 Å². The van der Waals surface area contributed by atoms with Crippen LogP contribution >= 0.6 is 11.6 Å². The molecule has 116 valence electrons. The molecule has 1 aromatic rings. The van der Waals surface area contributed by atoms with E-state index in [0.29, 0.717) is 23.2 Å². The Morgan fingerprint density at radius 1 is 1.48 bits per heavy atom. The first kappa shape index (κ1) is 16.2. The largest absolute Gasteiger partial charge is 0.396 e. The van der Waals surface area contributed by atoms with E-state index in [1.165, 1.54) is 0 Å². The smallest absolute Gasteiger partial charge is 0.254 e. The highest BCUT2D eigenvalue weighted by molar-refractivity contribution is 6.29. The molecule has 0 aromatic carbocycles. The highest BCUT2D eigenvalue weighted by Gasteiger charge is 2.28. The molecule has 0 spiro atoms. The number of amides is 1. The molecule has 21 heavy (non-hydrogen) atoms. The van der Waals surface area contributed by atoms with E-state index in [2.05, 4.69) is 4.98 Å². The molecule has 1 aliphatic rings. The van der Waals surface area contributed by atoms with E-state index >= 15 is 0 Å². The number of carbonyl (C=O) groups excluding carboxylic acids is 1. The Morgan fingerprint density at radius 3 is 2.81 bits per heavy atom. The fourth-order valence-electron chi connectivity index (χ4n) is 2.62. The third kappa shape index (κ3) is 3.95. The number of likely N-dealkylation sites (tertiary alicyclic amines) is 1. The fourth-order valence-corrected chi connectivity index (χ4v) is 2.83. The lowest BCUT2D eigenvalue weighted by Gasteiger charge is -2.21. The lowest BCUT2D eigenvalue weighted by Crippen LogP contribution is -2.29. The van der Waals surface area contributed by atoms with E-state index in [1.807, 2.05) is 31.7 Å². The Kier molecular flexibility index (Phi) is 4.89. The van der Waals surface area contributed by atoms with Gasteiger partial charge >= 0.3 is 0 Å². The van der Waals surface area contributed by atoms with Crippen molar-refractivity contribution in [3.63, 3.8) is 0 Å². The van der Waals surface area contributed by atoms with Crippen molar-refractivity contribution >= 4 is 17.5 Å². The van der Waals surface area contributed by atoms with Crippen LogP contribution in [-0.4, -0.2) is 40.6 Å². The summed E-state index contributed by atoms with van der Waals surface area (Å²) in [5, 5.41) is 9.36. The van der Waals surface area contributed by atoms with E-state index in [0.717, 1.165) is 25.1 Å². The summed E-state index contributed by atoms with van der Waals surface area (Å²) in [4.78, 5) is 18.8. The van der Waals surface area contributed by atoms with E-state index in [-0.39, 0.29) is 17.9 Å². The zero-order valence-electron chi connectivity index (χ0n) is 12.9. The quantitative estimate of drug-likeness (QED) is 0.873. The van der Waals surface area contributed by atoms with Crippen molar-refractivity contribution in [2.24, 2.45) is 5.92 Å². The minimum atomic E-state index is -0.148. The molecule has 1 N–H and O–H groups in total. The van der Waals surface area contributed by atoms with Crippen LogP contribution in [0, 0.1) is 5.92 Å². The molecule has 5 heteroatoms. The van der Waals surface area contributed by atoms with Crippen LogP contribution in [0.2, 0.25) is 5.15 Å². The standard InChI is InChI=1S/C16H23ClN2O2/c1-16(2,3)13-8-12(9-14(17)18-13)15(21)19-6-4-11(10-19)5-7-20/h8-9,11,20H,4-7,10H2,1-3H3. The molecule has 0 bridgehead atoms. The van der Waals surface area contributed by atoms with E-state index in [1.54, 1.807) is 6.07 Å². The number of halogens is 1. The summed E-state index contributed by atoms with van der Waals surface area (Å²) in [7, 11) is 0. The molecular formula is C16H23ClN2O2. The van der Waals surface area contributed by atoms with Gasteiger partial charge in [-0.1, -0.05) is 32.4 Å². The van der Waals surface area contributed by atoms with Crippen LogP contribution in [0.25, 0.3) is 0 Å². The van der Waals surface area contributed by atoms with Crippen molar-refractivity contribution in [1.82, 2.24) is 9.88 Å². The second kappa shape index (κ2) is 6.32. The predicted molar refractivity (Wildman–Crippen MR) is 83.7 cm³/mol. The zero-order valence-corrected chi connectivity index (χ0v) is 13.7. The third-order valence-electron chi connectivity index (χ3n) is 3.92. The zero-order chi connectivity index (χ0) is 15.6. The number of rotatable bonds is 3. The fraction of sp³-hybridized carbons (Fsp3) is 0.625. The molecule has 1 amide bonds. The molecule has 1 saturated heterocycles. The Morgan fingerprint density at radius 2 is 2.19 bits per heavy atom. The first-order chi connectivity index (χ1) is 9.81. The van der Waals surface area contributed by atoms with Crippen molar-refractivity contribution in [2.75, 3.05) is 19.7 Å². The van der Waals surface area contributed by atoms with Gasteiger partial charge in [0.1, 0.15) is 5.15 Å². The van der Waals surface area contributed by atoms with E-state index < -0.39 is 0 Å². The molecule has 2 rings (SSSR count). The highest BCUT2D eigenvalue weighted by atomic mass is 35.5. The minimum Gasteiger partial charge on any atom is -0.396 e. The molecule has 2 heterocycles. The van der Waals surface area contributed by atoms with Gasteiger partial charge < -0.3 is 10.0 Å². The van der Waals surface area contributed by atoms with Gasteiger partial charge in [-0.25, -0.2) is 4.98 Å². The average molecular weight is 311 g/mol. The predicted octanol–water partition coefficient (Wildman–Crippen LogP) is 2.88. The second-order valence-corrected chi connectivity index (χ2v) is 7.12. The molecule has 1 aromatic heterocycles. The SMILES string of the molecule is CC(C)(C)c1cc(C(=O)N2CCC(CCO)C2)cc(Cl)n1. The maximum Gasteiger partial charge on any atom is 0.254 e. The normalized spacial score (nSPS) is 19.1. The maximum absolute atomic E-state index is 12.6. The highest BCUT2D eigenvalue weighted by Crippen LogP contribution is 2.26. The average Bonchev–Trinajstić information content (AvgIpc) is 2.85. The number of aliphatic hydroxyl groups is 1. The summed E-state index contributed by atoms with van der Waals surface area (Å²) in [6.07, 6.45) is 1.71. The number of carbonyl (C=O) groups is 1. The lowest BCUT2D eigenvalue weighted by molar-refractivity contribution is 0.0784. The number of hydrogen-bond acceptors (Lipinski definition) is 3. The molecule has 4 nitrogen and oxygen atoms in total. The lowest BCUT2D eigenvalue weighted by atomic mass is 9.91. The van der Waals surface area contributed by atoms with Gasteiger partial charge in [-0.05, 0) is 30.9 Å². The van der Waals surface area contributed by atoms with Gasteiger partial charge in [-0.15, -0.1) is 0 Å². The van der Waals surface area contributed by atoms with Crippen molar-refractivity contribution < 1.29 is 9.90 Å². The molecule has 0 aliphatic carbocycles. The molecule has 1 fully saturated rings. The monoisotopic (exact) mass is 310 g/mol. The molecule has 0 saturated carbocycles. The van der Waals surface area contributed by atoms with Gasteiger partial charge in [0, 0.05) is 36.4 Å². The summed E-state index contributed by atoms with van der Waals surface area (Å²) < 4.78 is 0. The first-order valence-corrected chi connectivity index (χ1v) is 7.77. The van der Waals surface area contributed by atoms with Crippen LogP contribution in [0.3, 0.4) is 0 Å². The molecule has 1 aliphatic heterocycles. The summed E-state index contributed by atoms with van der Waals surface area (Å²) >= 11 is 6.07. The van der Waals surface area contributed by atoms with Crippen LogP contribution in [0.15, 0.2) is 12.1 Å². The van der Waals surface area contributed by atoms with Crippen LogP contribution in [0.1, 0.15) is 49.7 Å². The van der Waals surface area contributed by atoms with Gasteiger partial charge in [0.2, 0.25) is 0 Å². The van der Waals surface area contributed by atoms with Gasteiger partial charge in [0.25, 0.3) is 5.91 Å². The topological polar surface area (TPSA) is 53.4 Å². The maximum atomic E-state index is 12.6. The number of nitrogens with zero attached hydrogens (tertiary/aromatic N) is 2. The number of hydrogen-bond donors (Lipinski definition) is 1. The molecule has 0 radical (unpaired) electrons. The third-order valence-corrected chi connectivity index (χ3v) is 4.11. The Bertz CT molecular complexity index is 525. The van der Waals surface area contributed by atoms with Gasteiger partial charge in [0.05, 0.1) is 0 Å². The van der Waals surface area contributed by atoms with Crippen molar-refractivity contribution in [2.45, 2.75) is 39.0 Å². The summed E-state index contributed by atoms with van der Waals surface area (Å²) in [6, 6.07) is 3.48. The summed E-state index contributed by atoms with van der Waals surface area (Å²) in [5.41, 5.74) is 1.28. The van der Waals surface area contributed by atoms with Gasteiger partial charge in [0.15, 0.2) is 0 Å². The first-order valence-electron chi connectivity index (χ1n) is 7.39. The Hall–Kier alpha value is -1.13. The molecular weight excluding hydrogens is 288 g/mol. The van der Waals surface area contributed by atoms with E-state index in [9.17, 15) is 4.79 Å². The summed E-state index contributed by atoms with van der Waals surface area (Å²) in [6.45, 7) is 7.79. The van der Waals surface area contributed by atoms with Crippen molar-refractivity contribution in [3.8, 4) is 0 Å². The summed E-state index contributed by atoms with van der Waals surface area (Å²) in [5.74, 6) is 0.406. The minimum absolute atomic E-state index is 0.00485. The van der Waals surface area contributed by atoms with Gasteiger partial charge in [-0.2, -0.15) is 0 Å². The van der Waals surface area contributed by atoms with Crippen LogP contribution in [0.4, 0.5) is 0 Å². The molecule has 1 atom stereocenters. The van der Waals surface area contributed by atoms with E-state index in [4.69, 9.17) is 16.7 Å². The Balaban J connectivity index is 2.18. The molecule has 1 unspecified atom stereocenters. The van der Waals surface area contributed by atoms with Crippen LogP contribution < -0.4 is 0 Å².